The standard InChI is InChI=1S/C18H22O3/c1-12(2)21-16-8-6-5-7-15(16)18(19)14-10-9-13(3)17(11-14)20-4/h5-12,18-19H,1-4H3. The average Bonchev–Trinajstić information content (AvgIpc) is 2.47. The van der Waals surface area contributed by atoms with Gasteiger partial charge in [0, 0.05) is 5.56 Å². The number of methoxy groups -OCH3 is 1. The Morgan fingerprint density at radius 3 is 2.38 bits per heavy atom. The van der Waals surface area contributed by atoms with E-state index < -0.39 is 6.10 Å². The number of aryl methyl sites for hydroxylation is 1. The van der Waals surface area contributed by atoms with Gasteiger partial charge in [0.2, 0.25) is 0 Å². The van der Waals surface area contributed by atoms with Crippen molar-refractivity contribution < 1.29 is 14.6 Å². The second-order valence-electron chi connectivity index (χ2n) is 5.34. The SMILES string of the molecule is COc1cc(C(O)c2ccccc2OC(C)C)ccc1C. The van der Waals surface area contributed by atoms with Crippen molar-refractivity contribution >= 4 is 0 Å². The van der Waals surface area contributed by atoms with Crippen LogP contribution in [-0.2, 0) is 0 Å². The summed E-state index contributed by atoms with van der Waals surface area (Å²) in [4.78, 5) is 0. The summed E-state index contributed by atoms with van der Waals surface area (Å²) in [5.41, 5.74) is 2.59. The van der Waals surface area contributed by atoms with Crippen LogP contribution in [0.2, 0.25) is 0 Å². The van der Waals surface area contributed by atoms with E-state index in [1.165, 1.54) is 0 Å². The second-order valence-corrected chi connectivity index (χ2v) is 5.34. The molecule has 1 N–H and O–H groups in total. The number of para-hydroxylation sites is 1. The first-order valence-electron chi connectivity index (χ1n) is 7.11. The Labute approximate surface area is 126 Å². The summed E-state index contributed by atoms with van der Waals surface area (Å²) in [6.07, 6.45) is -0.680. The summed E-state index contributed by atoms with van der Waals surface area (Å²) < 4.78 is 11.1. The van der Waals surface area contributed by atoms with Crippen LogP contribution in [0, 0.1) is 6.92 Å². The molecule has 0 heterocycles. The fraction of sp³-hybridized carbons (Fsp3) is 0.333. The highest BCUT2D eigenvalue weighted by Gasteiger charge is 2.17. The summed E-state index contributed by atoms with van der Waals surface area (Å²) in [6, 6.07) is 13.3. The van der Waals surface area contributed by atoms with Crippen molar-refractivity contribution in [3.63, 3.8) is 0 Å². The maximum atomic E-state index is 10.7. The van der Waals surface area contributed by atoms with Gasteiger partial charge < -0.3 is 14.6 Å². The molecule has 2 aromatic rings. The first-order valence-corrected chi connectivity index (χ1v) is 7.11. The summed E-state index contributed by atoms with van der Waals surface area (Å²) in [5, 5.41) is 10.7. The van der Waals surface area contributed by atoms with Crippen LogP contribution in [-0.4, -0.2) is 18.3 Å². The molecule has 0 aliphatic carbocycles. The van der Waals surface area contributed by atoms with E-state index in [9.17, 15) is 5.11 Å². The van der Waals surface area contributed by atoms with Gasteiger partial charge >= 0.3 is 0 Å². The zero-order chi connectivity index (χ0) is 15.4. The van der Waals surface area contributed by atoms with Gasteiger partial charge in [-0.25, -0.2) is 0 Å². The molecule has 0 saturated heterocycles. The molecule has 0 bridgehead atoms. The molecule has 0 amide bonds. The zero-order valence-electron chi connectivity index (χ0n) is 13.0. The van der Waals surface area contributed by atoms with Crippen molar-refractivity contribution in [2.45, 2.75) is 33.0 Å². The third-order valence-electron chi connectivity index (χ3n) is 3.32. The molecule has 1 atom stereocenters. The molecule has 0 spiro atoms. The van der Waals surface area contributed by atoms with Gasteiger partial charge in [0.05, 0.1) is 13.2 Å². The van der Waals surface area contributed by atoms with Gasteiger partial charge in [-0.15, -0.1) is 0 Å². The number of ether oxygens (including phenoxy) is 2. The molecular weight excluding hydrogens is 264 g/mol. The van der Waals surface area contributed by atoms with Crippen molar-refractivity contribution in [1.82, 2.24) is 0 Å². The van der Waals surface area contributed by atoms with Gasteiger partial charge in [-0.2, -0.15) is 0 Å². The number of rotatable bonds is 5. The normalized spacial score (nSPS) is 12.3. The lowest BCUT2D eigenvalue weighted by Gasteiger charge is -2.19. The van der Waals surface area contributed by atoms with Gasteiger partial charge in [0.15, 0.2) is 0 Å². The Balaban J connectivity index is 2.38. The van der Waals surface area contributed by atoms with E-state index in [0.717, 1.165) is 22.4 Å². The maximum Gasteiger partial charge on any atom is 0.125 e. The first kappa shape index (κ1) is 15.4. The van der Waals surface area contributed by atoms with E-state index in [1.54, 1.807) is 7.11 Å². The molecule has 0 saturated carbocycles. The molecule has 3 heteroatoms. The Bertz CT molecular complexity index is 605. The summed E-state index contributed by atoms with van der Waals surface area (Å²) in [6.45, 7) is 5.92. The molecule has 112 valence electrons. The van der Waals surface area contributed by atoms with Crippen molar-refractivity contribution in [3.05, 3.63) is 59.2 Å². The van der Waals surface area contributed by atoms with E-state index in [4.69, 9.17) is 9.47 Å². The molecule has 0 fully saturated rings. The molecule has 3 nitrogen and oxygen atoms in total. The number of aliphatic hydroxyl groups excluding tert-OH is 1. The predicted molar refractivity (Wildman–Crippen MR) is 84.0 cm³/mol. The molecule has 0 radical (unpaired) electrons. The lowest BCUT2D eigenvalue weighted by atomic mass is 9.99. The number of aliphatic hydroxyl groups is 1. The monoisotopic (exact) mass is 286 g/mol. The Morgan fingerprint density at radius 2 is 1.71 bits per heavy atom. The molecule has 2 rings (SSSR count). The predicted octanol–water partition coefficient (Wildman–Crippen LogP) is 3.87. The molecule has 0 aliphatic rings. The van der Waals surface area contributed by atoms with Crippen LogP contribution in [0.15, 0.2) is 42.5 Å². The van der Waals surface area contributed by atoms with Crippen molar-refractivity contribution in [3.8, 4) is 11.5 Å². The molecule has 2 aromatic carbocycles. The van der Waals surface area contributed by atoms with E-state index in [1.807, 2.05) is 63.2 Å². The van der Waals surface area contributed by atoms with Gasteiger partial charge in [-0.1, -0.05) is 30.3 Å². The molecule has 21 heavy (non-hydrogen) atoms. The first-order chi connectivity index (χ1) is 10.0. The summed E-state index contributed by atoms with van der Waals surface area (Å²) >= 11 is 0. The minimum Gasteiger partial charge on any atom is -0.496 e. The van der Waals surface area contributed by atoms with Crippen LogP contribution >= 0.6 is 0 Å². The average molecular weight is 286 g/mol. The van der Waals surface area contributed by atoms with E-state index in [2.05, 4.69) is 0 Å². The smallest absolute Gasteiger partial charge is 0.125 e. The third-order valence-corrected chi connectivity index (χ3v) is 3.32. The minimum absolute atomic E-state index is 0.0610. The van der Waals surface area contributed by atoms with Crippen molar-refractivity contribution in [2.75, 3.05) is 7.11 Å². The number of benzene rings is 2. The molecule has 1 unspecified atom stereocenters. The molecule has 0 aromatic heterocycles. The Morgan fingerprint density at radius 1 is 1.00 bits per heavy atom. The fourth-order valence-corrected chi connectivity index (χ4v) is 2.25. The zero-order valence-corrected chi connectivity index (χ0v) is 13.0. The summed E-state index contributed by atoms with van der Waals surface area (Å²) in [5.74, 6) is 1.48. The topological polar surface area (TPSA) is 38.7 Å². The Hall–Kier alpha value is -2.00. The van der Waals surface area contributed by atoms with Gasteiger partial charge in [0.25, 0.3) is 0 Å². The van der Waals surface area contributed by atoms with Gasteiger partial charge in [0.1, 0.15) is 17.6 Å². The van der Waals surface area contributed by atoms with Crippen LogP contribution in [0.1, 0.15) is 36.6 Å². The molecule has 0 aliphatic heterocycles. The van der Waals surface area contributed by atoms with Gasteiger partial charge in [-0.3, -0.25) is 0 Å². The van der Waals surface area contributed by atoms with Crippen LogP contribution in [0.4, 0.5) is 0 Å². The molecular formula is C18H22O3. The lowest BCUT2D eigenvalue weighted by molar-refractivity contribution is 0.198. The van der Waals surface area contributed by atoms with Crippen molar-refractivity contribution in [1.29, 1.82) is 0 Å². The van der Waals surface area contributed by atoms with Crippen LogP contribution in [0.5, 0.6) is 11.5 Å². The largest absolute Gasteiger partial charge is 0.496 e. The van der Waals surface area contributed by atoms with Crippen LogP contribution < -0.4 is 9.47 Å². The van der Waals surface area contributed by atoms with E-state index in [-0.39, 0.29) is 6.10 Å². The quantitative estimate of drug-likeness (QED) is 0.906. The fourth-order valence-electron chi connectivity index (χ4n) is 2.25. The third kappa shape index (κ3) is 3.56. The van der Waals surface area contributed by atoms with E-state index in [0.29, 0.717) is 5.75 Å². The van der Waals surface area contributed by atoms with E-state index >= 15 is 0 Å². The highest BCUT2D eigenvalue weighted by Crippen LogP contribution is 2.32. The number of hydrogen-bond donors (Lipinski definition) is 1. The van der Waals surface area contributed by atoms with Gasteiger partial charge in [-0.05, 0) is 44.0 Å². The second kappa shape index (κ2) is 6.64. The highest BCUT2D eigenvalue weighted by molar-refractivity contribution is 5.44. The highest BCUT2D eigenvalue weighted by atomic mass is 16.5. The van der Waals surface area contributed by atoms with Crippen LogP contribution in [0.25, 0.3) is 0 Å². The maximum absolute atomic E-state index is 10.7. The van der Waals surface area contributed by atoms with Crippen LogP contribution in [0.3, 0.4) is 0 Å². The van der Waals surface area contributed by atoms with Crippen molar-refractivity contribution in [2.24, 2.45) is 0 Å². The lowest BCUT2D eigenvalue weighted by Crippen LogP contribution is -2.10. The summed E-state index contributed by atoms with van der Waals surface area (Å²) in [7, 11) is 1.63. The minimum atomic E-state index is -0.741. The number of hydrogen-bond acceptors (Lipinski definition) is 3. The Kier molecular flexibility index (Phi) is 4.86.